The summed E-state index contributed by atoms with van der Waals surface area (Å²) in [6, 6.07) is -1.19. The van der Waals surface area contributed by atoms with Crippen LogP contribution in [-0.2, 0) is 20.1 Å². The highest BCUT2D eigenvalue weighted by molar-refractivity contribution is 5.87. The minimum atomic E-state index is -2.08. The summed E-state index contributed by atoms with van der Waals surface area (Å²) in [6.07, 6.45) is -3.00. The number of aliphatic hydroxyl groups excluding tert-OH is 4. The van der Waals surface area contributed by atoms with Crippen LogP contribution >= 0.6 is 0 Å². The molecule has 1 amide bonds. The first-order chi connectivity index (χ1) is 13.8. The molecular formula is C15H21N7O7. The maximum atomic E-state index is 11.9. The van der Waals surface area contributed by atoms with E-state index < -0.39 is 48.7 Å². The second kappa shape index (κ2) is 7.94. The van der Waals surface area contributed by atoms with Crippen LogP contribution in [0.1, 0.15) is 6.92 Å². The summed E-state index contributed by atoms with van der Waals surface area (Å²) >= 11 is 0. The van der Waals surface area contributed by atoms with Crippen molar-refractivity contribution in [3.05, 3.63) is 12.7 Å². The summed E-state index contributed by atoms with van der Waals surface area (Å²) in [6.45, 7) is 0.729. The first-order valence-electron chi connectivity index (χ1n) is 8.56. The molecule has 2 aromatic rings. The molecule has 0 bridgehead atoms. The number of hydrogen-bond acceptors (Lipinski definition) is 12. The molecule has 0 spiro atoms. The zero-order valence-corrected chi connectivity index (χ0v) is 15.2. The monoisotopic (exact) mass is 411 g/mol. The molecule has 6 atom stereocenters. The molecule has 3 rings (SSSR count). The van der Waals surface area contributed by atoms with Gasteiger partial charge in [0.2, 0.25) is 5.72 Å². The largest absolute Gasteiger partial charge is 0.394 e. The number of imidazole rings is 1. The molecule has 14 heteroatoms. The topological polar surface area (TPSA) is 218 Å². The Morgan fingerprint density at radius 1 is 1.45 bits per heavy atom. The third-order valence-corrected chi connectivity index (χ3v) is 4.65. The number of nitrogens with two attached hydrogens (primary N) is 1. The molecule has 0 aliphatic carbocycles. The average Bonchev–Trinajstić information content (AvgIpc) is 3.26. The van der Waals surface area contributed by atoms with Gasteiger partial charge in [0, 0.05) is 0 Å². The molecule has 29 heavy (non-hydrogen) atoms. The molecular weight excluding hydrogens is 390 g/mol. The van der Waals surface area contributed by atoms with Crippen molar-refractivity contribution in [2.24, 2.45) is 5.73 Å². The Morgan fingerprint density at radius 2 is 2.17 bits per heavy atom. The van der Waals surface area contributed by atoms with Crippen LogP contribution < -0.4 is 16.6 Å². The summed E-state index contributed by atoms with van der Waals surface area (Å²) in [4.78, 5) is 35.8. The van der Waals surface area contributed by atoms with E-state index in [9.17, 15) is 30.0 Å². The molecule has 3 heterocycles. The fourth-order valence-electron chi connectivity index (χ4n) is 2.93. The Labute approximate surface area is 163 Å². The second-order valence-electron chi connectivity index (χ2n) is 6.53. The Bertz CT molecular complexity index is 906. The minimum absolute atomic E-state index is 0.0349. The molecule has 0 unspecified atom stereocenters. The average molecular weight is 411 g/mol. The quantitative estimate of drug-likeness (QED) is 0.171. The predicted octanol–water partition coefficient (Wildman–Crippen LogP) is -4.06. The van der Waals surface area contributed by atoms with Gasteiger partial charge in [-0.2, -0.15) is 0 Å². The molecule has 0 saturated carbocycles. The minimum Gasteiger partial charge on any atom is -0.394 e. The van der Waals surface area contributed by atoms with Crippen molar-refractivity contribution >= 4 is 29.2 Å². The van der Waals surface area contributed by atoms with Crippen LogP contribution in [0.5, 0.6) is 0 Å². The number of aldehydes is 1. The van der Waals surface area contributed by atoms with Crippen molar-refractivity contribution in [1.29, 1.82) is 0 Å². The Morgan fingerprint density at radius 3 is 2.76 bits per heavy atom. The van der Waals surface area contributed by atoms with Crippen molar-refractivity contribution in [2.45, 2.75) is 43.1 Å². The maximum Gasteiger partial charge on any atom is 0.257 e. The molecule has 1 fully saturated rings. The highest BCUT2D eigenvalue weighted by Crippen LogP contribution is 2.36. The molecule has 14 nitrogen and oxygen atoms in total. The number of hydrogen-bond donors (Lipinski definition) is 7. The van der Waals surface area contributed by atoms with Crippen LogP contribution in [-0.4, -0.2) is 89.2 Å². The second-order valence-corrected chi connectivity index (χ2v) is 6.53. The van der Waals surface area contributed by atoms with Gasteiger partial charge >= 0.3 is 0 Å². The fraction of sp³-hybridized carbons (Fsp3) is 0.533. The van der Waals surface area contributed by atoms with E-state index >= 15 is 0 Å². The normalized spacial score (nSPS) is 28.8. The molecule has 8 N–H and O–H groups in total. The van der Waals surface area contributed by atoms with Gasteiger partial charge < -0.3 is 30.9 Å². The lowest BCUT2D eigenvalue weighted by molar-refractivity contribution is -0.160. The predicted molar refractivity (Wildman–Crippen MR) is 94.8 cm³/mol. The van der Waals surface area contributed by atoms with Gasteiger partial charge in [-0.1, -0.05) is 0 Å². The van der Waals surface area contributed by atoms with Gasteiger partial charge in [-0.15, -0.1) is 0 Å². The van der Waals surface area contributed by atoms with Gasteiger partial charge in [0.25, 0.3) is 5.91 Å². The molecule has 0 radical (unpaired) electrons. The first kappa shape index (κ1) is 21.0. The van der Waals surface area contributed by atoms with E-state index in [-0.39, 0.29) is 23.3 Å². The third kappa shape index (κ3) is 3.41. The van der Waals surface area contributed by atoms with Crippen LogP contribution in [0.3, 0.4) is 0 Å². The van der Waals surface area contributed by atoms with Crippen LogP contribution in [0.4, 0.5) is 5.82 Å². The van der Waals surface area contributed by atoms with Crippen molar-refractivity contribution in [2.75, 3.05) is 12.0 Å². The lowest BCUT2D eigenvalue weighted by atomic mass is 10.0. The fourth-order valence-corrected chi connectivity index (χ4v) is 2.93. The van der Waals surface area contributed by atoms with E-state index in [1.807, 2.05) is 0 Å². The molecule has 2 aromatic heterocycles. The summed E-state index contributed by atoms with van der Waals surface area (Å²) < 4.78 is 6.52. The van der Waals surface area contributed by atoms with E-state index in [2.05, 4.69) is 25.8 Å². The van der Waals surface area contributed by atoms with Gasteiger partial charge in [-0.3, -0.25) is 25.0 Å². The maximum absolute atomic E-state index is 11.9. The lowest BCUT2D eigenvalue weighted by Crippen LogP contribution is -2.49. The number of aromatic nitrogens is 4. The summed E-state index contributed by atoms with van der Waals surface area (Å²) in [5, 5.41) is 39.1. The molecule has 1 aliphatic heterocycles. The van der Waals surface area contributed by atoms with Gasteiger partial charge in [0.15, 0.2) is 23.3 Å². The number of ether oxygens (including phenoxy) is 1. The summed E-state index contributed by atoms with van der Waals surface area (Å²) in [5.41, 5.74) is 8.35. The Hall–Kier alpha value is -2.75. The number of amides is 1. The van der Waals surface area contributed by atoms with Crippen LogP contribution in [0.25, 0.3) is 11.2 Å². The van der Waals surface area contributed by atoms with Gasteiger partial charge in [-0.05, 0) is 6.92 Å². The third-order valence-electron chi connectivity index (χ3n) is 4.65. The van der Waals surface area contributed by atoms with Crippen molar-refractivity contribution in [1.82, 2.24) is 24.9 Å². The molecule has 1 aliphatic rings. The van der Waals surface area contributed by atoms with E-state index in [0.717, 1.165) is 17.2 Å². The lowest BCUT2D eigenvalue weighted by Gasteiger charge is -2.27. The number of fused-ring (bicyclic) bond motifs is 1. The number of nitrogens with one attached hydrogen (secondary N) is 2. The van der Waals surface area contributed by atoms with E-state index in [4.69, 9.17) is 10.5 Å². The van der Waals surface area contributed by atoms with Crippen molar-refractivity contribution < 1.29 is 34.8 Å². The smallest absolute Gasteiger partial charge is 0.257 e. The summed E-state index contributed by atoms with van der Waals surface area (Å²) in [5.74, 6) is -0.674. The molecule has 158 valence electrons. The standard InChI is InChI=1S/C15H21N7O7/c1-6(25)8(16)14(28)21-20-12-9-13(18-4-17-12)22(5-19-9)15(3-24)11(27)10(26)7(2-23)29-15/h3-8,10-11,23,25-27H,2,16H2,1H3,(H,21,28)(H,17,18,20)/t6-,7-,8+,10-,11-,15-/m1/s1. The van der Waals surface area contributed by atoms with Crippen molar-refractivity contribution in [3.63, 3.8) is 0 Å². The number of carbonyl (C=O) groups excluding carboxylic acids is 2. The Balaban J connectivity index is 1.94. The number of nitrogens with zero attached hydrogens (tertiary/aromatic N) is 4. The zero-order valence-electron chi connectivity index (χ0n) is 15.2. The molecule has 1 saturated heterocycles. The summed E-state index contributed by atoms with van der Waals surface area (Å²) in [7, 11) is 0. The van der Waals surface area contributed by atoms with E-state index in [0.29, 0.717) is 0 Å². The number of carbonyl (C=O) groups is 2. The number of anilines is 1. The van der Waals surface area contributed by atoms with Crippen LogP contribution in [0, 0.1) is 0 Å². The Kier molecular flexibility index (Phi) is 5.74. The number of aliphatic hydroxyl groups is 4. The highest BCUT2D eigenvalue weighted by atomic mass is 16.6. The first-order valence-corrected chi connectivity index (χ1v) is 8.56. The van der Waals surface area contributed by atoms with Gasteiger partial charge in [0.1, 0.15) is 37.0 Å². The van der Waals surface area contributed by atoms with E-state index in [1.165, 1.54) is 6.92 Å². The number of hydrazine groups is 1. The SMILES string of the molecule is C[C@@H](O)[C@H](N)C(=O)NNc1ncnc2c1ncn2[C@]1(C=O)O[C@H](CO)[C@@H](O)[C@H]1O. The van der Waals surface area contributed by atoms with Crippen molar-refractivity contribution in [3.8, 4) is 0 Å². The van der Waals surface area contributed by atoms with E-state index in [1.54, 1.807) is 0 Å². The zero-order chi connectivity index (χ0) is 21.3. The highest BCUT2D eigenvalue weighted by Gasteiger charge is 2.56. The van der Waals surface area contributed by atoms with Crippen LogP contribution in [0.2, 0.25) is 0 Å². The van der Waals surface area contributed by atoms with Gasteiger partial charge in [-0.25, -0.2) is 15.0 Å². The van der Waals surface area contributed by atoms with Crippen LogP contribution in [0.15, 0.2) is 12.7 Å². The van der Waals surface area contributed by atoms with Gasteiger partial charge in [0.05, 0.1) is 12.7 Å². The number of rotatable bonds is 7. The molecule has 0 aromatic carbocycles.